The number of aryl methyl sites for hydroxylation is 1. The maximum Gasteiger partial charge on any atom is 0.126 e. The van der Waals surface area contributed by atoms with Crippen LogP contribution in [0.25, 0.3) is 0 Å². The summed E-state index contributed by atoms with van der Waals surface area (Å²) in [5.74, 6) is 5.58. The van der Waals surface area contributed by atoms with Crippen molar-refractivity contribution in [1.82, 2.24) is 0 Å². The quantitative estimate of drug-likeness (QED) is 0.238. The fourth-order valence-corrected chi connectivity index (χ4v) is 8.26. The van der Waals surface area contributed by atoms with Crippen molar-refractivity contribution < 1.29 is 4.39 Å². The third kappa shape index (κ3) is 8.33. The van der Waals surface area contributed by atoms with E-state index in [1.54, 1.807) is 0 Å². The zero-order chi connectivity index (χ0) is 25.2. The van der Waals surface area contributed by atoms with E-state index in [1.807, 2.05) is 6.07 Å². The smallest absolute Gasteiger partial charge is 0.126 e. The molecule has 204 valence electrons. The van der Waals surface area contributed by atoms with Crippen LogP contribution in [0.2, 0.25) is 0 Å². The van der Waals surface area contributed by atoms with Crippen LogP contribution in [0.15, 0.2) is 18.2 Å². The highest BCUT2D eigenvalue weighted by Crippen LogP contribution is 2.49. The van der Waals surface area contributed by atoms with Gasteiger partial charge in [-0.25, -0.2) is 4.39 Å². The fraction of sp³-hybridized carbons (Fsp3) is 0.829. The molecule has 1 heteroatoms. The highest BCUT2D eigenvalue weighted by atomic mass is 19.1. The lowest BCUT2D eigenvalue weighted by atomic mass is 9.63. The number of fused-ring (bicyclic) bond motifs is 1. The molecule has 1 aromatic rings. The number of benzene rings is 1. The summed E-state index contributed by atoms with van der Waals surface area (Å²) in [6.45, 7) is 4.50. The van der Waals surface area contributed by atoms with Crippen LogP contribution in [0.3, 0.4) is 0 Å². The molecule has 0 spiro atoms. The predicted octanol–water partition coefficient (Wildman–Crippen LogP) is 11.4. The molecule has 4 rings (SSSR count). The van der Waals surface area contributed by atoms with Crippen LogP contribution in [0.5, 0.6) is 0 Å². The summed E-state index contributed by atoms with van der Waals surface area (Å²) in [5.41, 5.74) is 2.20. The molecule has 0 aromatic heterocycles. The molecule has 0 saturated heterocycles. The van der Waals surface area contributed by atoms with Gasteiger partial charge in [0, 0.05) is 0 Å². The van der Waals surface area contributed by atoms with Crippen LogP contribution in [0.4, 0.5) is 4.39 Å². The molecule has 0 amide bonds. The van der Waals surface area contributed by atoms with Gasteiger partial charge in [0.15, 0.2) is 0 Å². The highest BCUT2D eigenvalue weighted by molar-refractivity contribution is 5.28. The predicted molar refractivity (Wildman–Crippen MR) is 154 cm³/mol. The maximum absolute atomic E-state index is 14.7. The van der Waals surface area contributed by atoms with Crippen molar-refractivity contribution in [3.63, 3.8) is 0 Å². The van der Waals surface area contributed by atoms with Gasteiger partial charge >= 0.3 is 0 Å². The Hall–Kier alpha value is -0.850. The third-order valence-corrected chi connectivity index (χ3v) is 10.7. The molecule has 0 nitrogen and oxygen atoms in total. The van der Waals surface area contributed by atoms with E-state index in [0.29, 0.717) is 5.92 Å². The minimum Gasteiger partial charge on any atom is -0.207 e. The van der Waals surface area contributed by atoms with Crippen LogP contribution in [0, 0.1) is 35.4 Å². The minimum atomic E-state index is 0.0489. The minimum absolute atomic E-state index is 0.0489. The first kappa shape index (κ1) is 28.2. The average molecular weight is 497 g/mol. The van der Waals surface area contributed by atoms with Gasteiger partial charge in [-0.1, -0.05) is 116 Å². The van der Waals surface area contributed by atoms with E-state index >= 15 is 0 Å². The fourth-order valence-electron chi connectivity index (χ4n) is 8.26. The summed E-state index contributed by atoms with van der Waals surface area (Å²) in [5, 5.41) is 0. The van der Waals surface area contributed by atoms with Gasteiger partial charge < -0.3 is 0 Å². The average Bonchev–Trinajstić information content (AvgIpc) is 2.91. The summed E-state index contributed by atoms with van der Waals surface area (Å²) < 4.78 is 14.7. The lowest BCUT2D eigenvalue weighted by Gasteiger charge is -2.43. The van der Waals surface area contributed by atoms with E-state index in [4.69, 9.17) is 0 Å². The van der Waals surface area contributed by atoms with Gasteiger partial charge in [0.1, 0.15) is 5.82 Å². The van der Waals surface area contributed by atoms with E-state index < -0.39 is 0 Å². The Morgan fingerprint density at radius 3 is 2.03 bits per heavy atom. The molecule has 4 atom stereocenters. The summed E-state index contributed by atoms with van der Waals surface area (Å²) in [6, 6.07) is 6.24. The topological polar surface area (TPSA) is 0 Å². The van der Waals surface area contributed by atoms with E-state index in [9.17, 15) is 4.39 Å². The Balaban J connectivity index is 1.13. The Morgan fingerprint density at radius 1 is 0.639 bits per heavy atom. The third-order valence-electron chi connectivity index (χ3n) is 10.7. The van der Waals surface area contributed by atoms with Gasteiger partial charge in [0.2, 0.25) is 0 Å². The summed E-state index contributed by atoms with van der Waals surface area (Å²) >= 11 is 0. The first-order valence-corrected chi connectivity index (χ1v) is 16.4. The zero-order valence-corrected chi connectivity index (χ0v) is 23.9. The molecule has 0 heterocycles. The largest absolute Gasteiger partial charge is 0.207 e. The molecule has 3 aliphatic carbocycles. The molecule has 0 aliphatic heterocycles. The van der Waals surface area contributed by atoms with E-state index in [-0.39, 0.29) is 5.82 Å². The van der Waals surface area contributed by atoms with E-state index in [1.165, 1.54) is 121 Å². The highest BCUT2D eigenvalue weighted by Gasteiger charge is 2.36. The molecular weight excluding hydrogens is 439 g/mol. The molecule has 3 fully saturated rings. The van der Waals surface area contributed by atoms with E-state index in [2.05, 4.69) is 26.0 Å². The second kappa shape index (κ2) is 14.9. The molecule has 4 unspecified atom stereocenters. The number of hydrogen-bond donors (Lipinski definition) is 0. The van der Waals surface area contributed by atoms with Crippen molar-refractivity contribution in [3.8, 4) is 0 Å². The molecule has 0 N–H and O–H groups in total. The van der Waals surface area contributed by atoms with Gasteiger partial charge in [-0.05, 0) is 97.6 Å². The normalized spacial score (nSPS) is 30.8. The molecule has 36 heavy (non-hydrogen) atoms. The van der Waals surface area contributed by atoms with Crippen molar-refractivity contribution in [3.05, 3.63) is 35.1 Å². The Kier molecular flexibility index (Phi) is 11.7. The van der Waals surface area contributed by atoms with Crippen molar-refractivity contribution in [1.29, 1.82) is 0 Å². The molecule has 1 aromatic carbocycles. The van der Waals surface area contributed by atoms with Crippen LogP contribution in [0.1, 0.15) is 159 Å². The first-order valence-electron chi connectivity index (χ1n) is 16.4. The zero-order valence-electron chi connectivity index (χ0n) is 23.9. The van der Waals surface area contributed by atoms with Crippen molar-refractivity contribution >= 4 is 0 Å². The van der Waals surface area contributed by atoms with Crippen LogP contribution in [-0.2, 0) is 6.42 Å². The summed E-state index contributed by atoms with van der Waals surface area (Å²) in [6.07, 6.45) is 29.3. The van der Waals surface area contributed by atoms with Crippen molar-refractivity contribution in [2.24, 2.45) is 29.6 Å². The Morgan fingerprint density at radius 2 is 1.28 bits per heavy atom. The van der Waals surface area contributed by atoms with Gasteiger partial charge in [0.05, 0.1) is 0 Å². The van der Waals surface area contributed by atoms with Gasteiger partial charge in [-0.2, -0.15) is 0 Å². The molecule has 0 radical (unpaired) electrons. The van der Waals surface area contributed by atoms with Gasteiger partial charge in [-0.15, -0.1) is 0 Å². The van der Waals surface area contributed by atoms with Gasteiger partial charge in [-0.3, -0.25) is 0 Å². The number of rotatable bonds is 13. The second-order valence-electron chi connectivity index (χ2n) is 13.3. The maximum atomic E-state index is 14.7. The first-order chi connectivity index (χ1) is 17.7. The monoisotopic (exact) mass is 496 g/mol. The lowest BCUT2D eigenvalue weighted by molar-refractivity contribution is 0.108. The second-order valence-corrected chi connectivity index (χ2v) is 13.3. The Bertz CT molecular complexity index is 745. The summed E-state index contributed by atoms with van der Waals surface area (Å²) in [7, 11) is 0. The van der Waals surface area contributed by atoms with Crippen LogP contribution in [-0.4, -0.2) is 0 Å². The number of halogens is 1. The Labute approximate surface area is 223 Å². The number of hydrogen-bond acceptors (Lipinski definition) is 0. The molecule has 3 aliphatic rings. The van der Waals surface area contributed by atoms with Crippen LogP contribution >= 0.6 is 0 Å². The SMILES string of the molecule is CCCCCCCC1CCC(CCC2CCC3CC(c4ccc(CCCC)c(F)c4)CCC3C2)CC1. The summed E-state index contributed by atoms with van der Waals surface area (Å²) in [4.78, 5) is 0. The van der Waals surface area contributed by atoms with Crippen molar-refractivity contribution in [2.45, 2.75) is 155 Å². The van der Waals surface area contributed by atoms with Crippen LogP contribution < -0.4 is 0 Å². The molecule has 3 saturated carbocycles. The van der Waals surface area contributed by atoms with Gasteiger partial charge in [0.25, 0.3) is 0 Å². The number of unbranched alkanes of at least 4 members (excludes halogenated alkanes) is 5. The molecular formula is C35H57F. The standard InChI is InChI=1S/C35H57F/c1-3-5-7-8-9-10-27-12-14-28(15-13-27)16-17-29-18-19-32-25-33(23-22-31(32)24-29)34-21-20-30(11-6-4-2)35(36)26-34/h20-21,26-29,31-33H,3-19,22-25H2,1-2H3. The molecule has 0 bridgehead atoms. The van der Waals surface area contributed by atoms with E-state index in [0.717, 1.165) is 54.4 Å². The lowest BCUT2D eigenvalue weighted by Crippen LogP contribution is -2.30. The van der Waals surface area contributed by atoms with Crippen molar-refractivity contribution in [2.75, 3.05) is 0 Å².